The van der Waals surface area contributed by atoms with E-state index >= 15 is 0 Å². The second-order valence-electron chi connectivity index (χ2n) is 6.81. The molecule has 1 N–H and O–H groups in total. The Morgan fingerprint density at radius 2 is 1.93 bits per heavy atom. The van der Waals surface area contributed by atoms with Crippen molar-refractivity contribution in [2.24, 2.45) is 0 Å². The van der Waals surface area contributed by atoms with E-state index in [1.54, 1.807) is 4.90 Å². The van der Waals surface area contributed by atoms with Crippen LogP contribution in [0.3, 0.4) is 0 Å². The van der Waals surface area contributed by atoms with Crippen LogP contribution in [0.25, 0.3) is 10.8 Å². The molecule has 4 rings (SSSR count). The lowest BCUT2D eigenvalue weighted by molar-refractivity contribution is -0.137. The molecule has 3 aromatic rings. The van der Waals surface area contributed by atoms with Gasteiger partial charge in [0.1, 0.15) is 6.10 Å². The average molecular weight is 401 g/mol. The maximum atomic E-state index is 12.8. The fourth-order valence-electron chi connectivity index (χ4n) is 3.36. The van der Waals surface area contributed by atoms with Gasteiger partial charge in [0.05, 0.1) is 17.8 Å². The maximum absolute atomic E-state index is 12.8. The van der Waals surface area contributed by atoms with Crippen LogP contribution in [-0.2, 0) is 6.18 Å². The molecule has 0 bridgehead atoms. The van der Waals surface area contributed by atoms with E-state index in [0.29, 0.717) is 18.7 Å². The van der Waals surface area contributed by atoms with Crippen LogP contribution in [0.4, 0.5) is 23.7 Å². The van der Waals surface area contributed by atoms with Crippen molar-refractivity contribution in [2.75, 3.05) is 18.4 Å². The molecular formula is C21H18F3N3O2. The van der Waals surface area contributed by atoms with E-state index in [4.69, 9.17) is 4.74 Å². The number of hydrogen-bond acceptors (Lipinski definition) is 3. The largest absolute Gasteiger partial charge is 0.472 e. The summed E-state index contributed by atoms with van der Waals surface area (Å²) >= 11 is 0. The summed E-state index contributed by atoms with van der Waals surface area (Å²) in [6.07, 6.45) is -3.29. The standard InChI is InChI=1S/C21H18F3N3O2/c22-21(23,24)15-8-10-25-19(12-15)29-16-9-11-27(13-16)20(28)26-18-7-3-5-14-4-1-2-6-17(14)18/h1-8,10,12,16H,9,11,13H2,(H,26,28). The van der Waals surface area contributed by atoms with E-state index in [0.717, 1.165) is 29.1 Å². The van der Waals surface area contributed by atoms with Crippen molar-refractivity contribution < 1.29 is 22.7 Å². The van der Waals surface area contributed by atoms with Crippen LogP contribution in [0.15, 0.2) is 60.8 Å². The van der Waals surface area contributed by atoms with Gasteiger partial charge in [-0.15, -0.1) is 0 Å². The molecule has 1 unspecified atom stereocenters. The number of nitrogens with zero attached hydrogens (tertiary/aromatic N) is 2. The Bertz CT molecular complexity index is 1030. The molecule has 5 nitrogen and oxygen atoms in total. The zero-order chi connectivity index (χ0) is 20.4. The molecule has 1 fully saturated rings. The van der Waals surface area contributed by atoms with E-state index in [2.05, 4.69) is 10.3 Å². The summed E-state index contributed by atoms with van der Waals surface area (Å²) in [7, 11) is 0. The van der Waals surface area contributed by atoms with Gasteiger partial charge in [0.2, 0.25) is 5.88 Å². The number of carbonyl (C=O) groups is 1. The second-order valence-corrected chi connectivity index (χ2v) is 6.81. The Balaban J connectivity index is 1.40. The summed E-state index contributed by atoms with van der Waals surface area (Å²) in [6.45, 7) is 0.717. The quantitative estimate of drug-likeness (QED) is 0.677. The van der Waals surface area contributed by atoms with Gasteiger partial charge in [-0.05, 0) is 17.5 Å². The van der Waals surface area contributed by atoms with Crippen molar-refractivity contribution in [1.29, 1.82) is 0 Å². The Labute approximate surface area is 165 Å². The predicted molar refractivity (Wildman–Crippen MR) is 103 cm³/mol. The van der Waals surface area contributed by atoms with Gasteiger partial charge in [-0.2, -0.15) is 13.2 Å². The van der Waals surface area contributed by atoms with Crippen LogP contribution in [0.2, 0.25) is 0 Å². The zero-order valence-corrected chi connectivity index (χ0v) is 15.3. The number of halogens is 3. The number of benzene rings is 2. The average Bonchev–Trinajstić information content (AvgIpc) is 3.16. The third kappa shape index (κ3) is 4.26. The number of urea groups is 1. The summed E-state index contributed by atoms with van der Waals surface area (Å²) < 4.78 is 44.0. The summed E-state index contributed by atoms with van der Waals surface area (Å²) in [4.78, 5) is 18.1. The van der Waals surface area contributed by atoms with Gasteiger partial charge >= 0.3 is 12.2 Å². The number of likely N-dealkylation sites (tertiary alicyclic amines) is 1. The molecule has 8 heteroatoms. The molecule has 2 amide bonds. The molecule has 1 aliphatic rings. The number of nitrogens with one attached hydrogen (secondary N) is 1. The predicted octanol–water partition coefficient (Wildman–Crippen LogP) is 4.94. The number of hydrogen-bond donors (Lipinski definition) is 1. The summed E-state index contributed by atoms with van der Waals surface area (Å²) in [5.74, 6) is -0.0962. The lowest BCUT2D eigenvalue weighted by Gasteiger charge is -2.18. The molecule has 0 saturated carbocycles. The first-order valence-electron chi connectivity index (χ1n) is 9.14. The topological polar surface area (TPSA) is 54.5 Å². The number of alkyl halides is 3. The molecular weight excluding hydrogens is 383 g/mol. The minimum Gasteiger partial charge on any atom is -0.472 e. The summed E-state index contributed by atoms with van der Waals surface area (Å²) in [5.41, 5.74) is -0.108. The second kappa shape index (κ2) is 7.62. The van der Waals surface area contributed by atoms with E-state index in [1.807, 2.05) is 42.5 Å². The Morgan fingerprint density at radius 1 is 1.14 bits per heavy atom. The number of fused-ring (bicyclic) bond motifs is 1. The van der Waals surface area contributed by atoms with E-state index in [1.165, 1.54) is 0 Å². The van der Waals surface area contributed by atoms with Crippen molar-refractivity contribution >= 4 is 22.5 Å². The maximum Gasteiger partial charge on any atom is 0.416 e. The molecule has 1 atom stereocenters. The molecule has 2 heterocycles. The van der Waals surface area contributed by atoms with Crippen LogP contribution in [0, 0.1) is 0 Å². The zero-order valence-electron chi connectivity index (χ0n) is 15.3. The van der Waals surface area contributed by atoms with Gasteiger partial charge in [0.15, 0.2) is 0 Å². The van der Waals surface area contributed by atoms with Crippen LogP contribution >= 0.6 is 0 Å². The molecule has 150 valence electrons. The van der Waals surface area contributed by atoms with Gasteiger partial charge in [-0.1, -0.05) is 36.4 Å². The van der Waals surface area contributed by atoms with Gasteiger partial charge in [-0.25, -0.2) is 9.78 Å². The lowest BCUT2D eigenvalue weighted by atomic mass is 10.1. The third-order valence-electron chi connectivity index (χ3n) is 4.81. The van der Waals surface area contributed by atoms with Gasteiger partial charge in [-0.3, -0.25) is 0 Å². The van der Waals surface area contributed by atoms with Crippen LogP contribution in [-0.4, -0.2) is 35.1 Å². The van der Waals surface area contributed by atoms with Crippen molar-refractivity contribution in [3.05, 3.63) is 66.4 Å². The summed E-state index contributed by atoms with van der Waals surface area (Å²) in [5, 5.41) is 4.86. The van der Waals surface area contributed by atoms with Crippen LogP contribution < -0.4 is 10.1 Å². The molecule has 0 spiro atoms. The molecule has 2 aromatic carbocycles. The molecule has 1 saturated heterocycles. The number of rotatable bonds is 3. The molecule has 0 radical (unpaired) electrons. The number of anilines is 1. The van der Waals surface area contributed by atoms with Crippen molar-refractivity contribution in [1.82, 2.24) is 9.88 Å². The Kier molecular flexibility index (Phi) is 5.00. The number of pyridine rings is 1. The molecule has 0 aliphatic carbocycles. The van der Waals surface area contributed by atoms with E-state index in [-0.39, 0.29) is 18.5 Å². The van der Waals surface area contributed by atoms with Crippen molar-refractivity contribution in [3.8, 4) is 5.88 Å². The Morgan fingerprint density at radius 3 is 2.76 bits per heavy atom. The number of carbonyl (C=O) groups excluding carboxylic acids is 1. The first-order chi connectivity index (χ1) is 13.9. The highest BCUT2D eigenvalue weighted by atomic mass is 19.4. The minimum absolute atomic E-state index is 0.0962. The normalized spacial score (nSPS) is 16.8. The molecule has 29 heavy (non-hydrogen) atoms. The SMILES string of the molecule is O=C(Nc1cccc2ccccc12)N1CCC(Oc2cc(C(F)(F)F)ccn2)C1. The fraction of sp³-hybridized carbons (Fsp3) is 0.238. The Hall–Kier alpha value is -3.29. The van der Waals surface area contributed by atoms with E-state index < -0.39 is 17.8 Å². The highest BCUT2D eigenvalue weighted by molar-refractivity contribution is 6.01. The van der Waals surface area contributed by atoms with Crippen LogP contribution in [0.5, 0.6) is 5.88 Å². The monoisotopic (exact) mass is 401 g/mol. The van der Waals surface area contributed by atoms with Gasteiger partial charge < -0.3 is 15.0 Å². The first-order valence-corrected chi connectivity index (χ1v) is 9.14. The highest BCUT2D eigenvalue weighted by Crippen LogP contribution is 2.31. The fourth-order valence-corrected chi connectivity index (χ4v) is 3.36. The van der Waals surface area contributed by atoms with Crippen LogP contribution in [0.1, 0.15) is 12.0 Å². The summed E-state index contributed by atoms with van der Waals surface area (Å²) in [6, 6.07) is 14.9. The molecule has 1 aliphatic heterocycles. The smallest absolute Gasteiger partial charge is 0.416 e. The minimum atomic E-state index is -4.46. The van der Waals surface area contributed by atoms with Crippen molar-refractivity contribution in [2.45, 2.75) is 18.7 Å². The number of aromatic nitrogens is 1. The highest BCUT2D eigenvalue weighted by Gasteiger charge is 2.32. The first kappa shape index (κ1) is 19.0. The lowest BCUT2D eigenvalue weighted by Crippen LogP contribution is -2.34. The van der Waals surface area contributed by atoms with Gasteiger partial charge in [0.25, 0.3) is 0 Å². The number of ether oxygens (including phenoxy) is 1. The number of amides is 2. The van der Waals surface area contributed by atoms with Gasteiger partial charge in [0, 0.05) is 30.6 Å². The van der Waals surface area contributed by atoms with Crippen molar-refractivity contribution in [3.63, 3.8) is 0 Å². The third-order valence-corrected chi connectivity index (χ3v) is 4.81. The molecule has 1 aromatic heterocycles. The van der Waals surface area contributed by atoms with E-state index in [9.17, 15) is 18.0 Å².